The van der Waals surface area contributed by atoms with Gasteiger partial charge >= 0.3 is 0 Å². The molecule has 3 unspecified atom stereocenters. The maximum Gasteiger partial charge on any atom is 0.188 e. The minimum Gasteiger partial charge on any atom is -0.370 e. The minimum atomic E-state index is -0.244. The predicted octanol–water partition coefficient (Wildman–Crippen LogP) is 3.34. The summed E-state index contributed by atoms with van der Waals surface area (Å²) >= 11 is 6.11. The molecule has 1 aromatic carbocycles. The summed E-state index contributed by atoms with van der Waals surface area (Å²) in [5, 5.41) is 3.68. The number of aliphatic imine (C=N–C) groups is 1. The zero-order valence-electron chi connectivity index (χ0n) is 13.8. The molecule has 2 fully saturated rings. The van der Waals surface area contributed by atoms with Crippen LogP contribution < -0.4 is 11.1 Å². The van der Waals surface area contributed by atoms with Gasteiger partial charge in [0.25, 0.3) is 0 Å². The summed E-state index contributed by atoms with van der Waals surface area (Å²) in [5.41, 5.74) is 6.58. The highest BCUT2D eigenvalue weighted by Gasteiger charge is 2.41. The third kappa shape index (κ3) is 4.52. The quantitative estimate of drug-likeness (QED) is 0.398. The Bertz CT molecular complexity index is 578. The van der Waals surface area contributed by atoms with E-state index in [4.69, 9.17) is 17.3 Å². The van der Waals surface area contributed by atoms with Crippen LogP contribution >= 0.6 is 35.6 Å². The largest absolute Gasteiger partial charge is 0.370 e. The molecule has 1 aliphatic heterocycles. The van der Waals surface area contributed by atoms with E-state index in [2.05, 4.69) is 22.1 Å². The summed E-state index contributed by atoms with van der Waals surface area (Å²) in [6.07, 6.45) is 3.25. The van der Waals surface area contributed by atoms with Crippen molar-refractivity contribution in [1.29, 1.82) is 0 Å². The maximum atomic E-state index is 13.9. The molecule has 0 aromatic heterocycles. The Morgan fingerprint density at radius 2 is 2.29 bits per heavy atom. The van der Waals surface area contributed by atoms with Gasteiger partial charge < -0.3 is 11.1 Å². The molecular weight excluding hydrogens is 442 g/mol. The van der Waals surface area contributed by atoms with Gasteiger partial charge in [-0.3, -0.25) is 9.89 Å². The fourth-order valence-corrected chi connectivity index (χ4v) is 3.80. The van der Waals surface area contributed by atoms with Crippen LogP contribution in [0.5, 0.6) is 0 Å². The Balaban J connectivity index is 0.00000208. The molecule has 0 spiro atoms. The molecule has 1 aromatic rings. The lowest BCUT2D eigenvalue weighted by molar-refractivity contribution is 0.273. The Kier molecular flexibility index (Phi) is 7.12. The third-order valence-corrected chi connectivity index (χ3v) is 5.20. The Morgan fingerprint density at radius 3 is 3.00 bits per heavy atom. The van der Waals surface area contributed by atoms with E-state index in [0.717, 1.165) is 26.1 Å². The van der Waals surface area contributed by atoms with Gasteiger partial charge in [-0.1, -0.05) is 24.6 Å². The first-order chi connectivity index (χ1) is 11.1. The zero-order chi connectivity index (χ0) is 16.4. The average molecular weight is 467 g/mol. The van der Waals surface area contributed by atoms with Gasteiger partial charge in [-0.25, -0.2) is 4.39 Å². The second-order valence-electron chi connectivity index (χ2n) is 6.38. The van der Waals surface area contributed by atoms with E-state index in [-0.39, 0.29) is 41.8 Å². The van der Waals surface area contributed by atoms with Crippen LogP contribution in [0, 0.1) is 5.82 Å². The molecule has 2 aliphatic rings. The Labute approximate surface area is 165 Å². The highest BCUT2D eigenvalue weighted by molar-refractivity contribution is 14.0. The number of nitrogens with zero attached hydrogens (tertiary/aromatic N) is 2. The molecule has 0 amide bonds. The monoisotopic (exact) mass is 466 g/mol. The summed E-state index contributed by atoms with van der Waals surface area (Å²) in [6, 6.07) is 5.43. The number of hydrogen-bond acceptors (Lipinski definition) is 2. The van der Waals surface area contributed by atoms with Crippen LogP contribution in [0.2, 0.25) is 5.02 Å². The van der Waals surface area contributed by atoms with Crippen molar-refractivity contribution in [3.8, 4) is 0 Å². The van der Waals surface area contributed by atoms with Gasteiger partial charge in [0.2, 0.25) is 0 Å². The molecule has 1 saturated carbocycles. The molecule has 4 nitrogen and oxygen atoms in total. The van der Waals surface area contributed by atoms with Crippen LogP contribution in [-0.4, -0.2) is 42.6 Å². The molecule has 3 N–H and O–H groups in total. The highest BCUT2D eigenvalue weighted by atomic mass is 127. The van der Waals surface area contributed by atoms with Crippen molar-refractivity contribution in [3.05, 3.63) is 34.6 Å². The van der Waals surface area contributed by atoms with Crippen molar-refractivity contribution in [3.63, 3.8) is 0 Å². The molecule has 1 aliphatic carbocycles. The van der Waals surface area contributed by atoms with Crippen molar-refractivity contribution >= 4 is 41.5 Å². The Morgan fingerprint density at radius 1 is 1.50 bits per heavy atom. The molecule has 24 heavy (non-hydrogen) atoms. The van der Waals surface area contributed by atoms with Gasteiger partial charge in [-0.2, -0.15) is 0 Å². The van der Waals surface area contributed by atoms with E-state index < -0.39 is 0 Å². The lowest BCUT2D eigenvalue weighted by atomic mass is 10.1. The van der Waals surface area contributed by atoms with E-state index in [1.54, 1.807) is 12.1 Å². The molecule has 0 radical (unpaired) electrons. The third-order valence-electron chi connectivity index (χ3n) is 4.87. The average Bonchev–Trinajstić information content (AvgIpc) is 3.10. The fraction of sp³-hybridized carbons (Fsp3) is 0.588. The normalized spacial score (nSPS) is 27.0. The number of nitrogens with one attached hydrogen (secondary N) is 1. The van der Waals surface area contributed by atoms with Crippen molar-refractivity contribution < 1.29 is 4.39 Å². The molecule has 1 saturated heterocycles. The first kappa shape index (κ1) is 19.7. The van der Waals surface area contributed by atoms with Gasteiger partial charge in [0.15, 0.2) is 5.96 Å². The standard InChI is InChI=1S/C17H24ClFN4.HI/c1-2-23-8-4-5-11(23)10-21-17(20)22-15-9-12(15)16-13(18)6-3-7-14(16)19;/h3,6-7,11-12,15H,2,4-5,8-10H2,1H3,(H3,20,21,22);1H. The van der Waals surface area contributed by atoms with Crippen molar-refractivity contribution in [2.24, 2.45) is 10.7 Å². The molecule has 1 heterocycles. The number of hydrogen-bond donors (Lipinski definition) is 2. The summed E-state index contributed by atoms with van der Waals surface area (Å²) in [7, 11) is 0. The maximum absolute atomic E-state index is 13.9. The number of guanidine groups is 1. The van der Waals surface area contributed by atoms with Crippen LogP contribution in [0.3, 0.4) is 0 Å². The van der Waals surface area contributed by atoms with Crippen LogP contribution in [0.1, 0.15) is 37.7 Å². The van der Waals surface area contributed by atoms with E-state index in [0.29, 0.717) is 22.6 Å². The predicted molar refractivity (Wildman–Crippen MR) is 108 cm³/mol. The van der Waals surface area contributed by atoms with Crippen LogP contribution in [0.25, 0.3) is 0 Å². The van der Waals surface area contributed by atoms with Crippen LogP contribution in [-0.2, 0) is 0 Å². The molecular formula is C17H25ClFIN4. The first-order valence-corrected chi connectivity index (χ1v) is 8.72. The van der Waals surface area contributed by atoms with Gasteiger partial charge in [0.05, 0.1) is 6.54 Å². The van der Waals surface area contributed by atoms with Crippen molar-refractivity contribution in [2.75, 3.05) is 19.6 Å². The smallest absolute Gasteiger partial charge is 0.188 e. The summed E-state index contributed by atoms with van der Waals surface area (Å²) in [5.74, 6) is 0.288. The van der Waals surface area contributed by atoms with E-state index in [1.165, 1.54) is 18.9 Å². The number of likely N-dealkylation sites (tertiary alicyclic amines) is 1. The zero-order valence-corrected chi connectivity index (χ0v) is 16.9. The Hall–Kier alpha value is -0.600. The van der Waals surface area contributed by atoms with Gasteiger partial charge in [0.1, 0.15) is 5.82 Å². The number of rotatable bonds is 5. The van der Waals surface area contributed by atoms with Gasteiger partial charge in [-0.05, 0) is 44.5 Å². The number of benzene rings is 1. The summed E-state index contributed by atoms with van der Waals surface area (Å²) in [4.78, 5) is 6.91. The second kappa shape index (κ2) is 8.67. The molecule has 134 valence electrons. The van der Waals surface area contributed by atoms with Crippen molar-refractivity contribution in [1.82, 2.24) is 10.2 Å². The topological polar surface area (TPSA) is 53.6 Å². The number of nitrogens with two attached hydrogens (primary N) is 1. The highest BCUT2D eigenvalue weighted by Crippen LogP contribution is 2.44. The lowest BCUT2D eigenvalue weighted by Crippen LogP contribution is -2.37. The molecule has 0 bridgehead atoms. The SMILES string of the molecule is CCN1CCCC1CN=C(N)NC1CC1c1c(F)cccc1Cl.I. The second-order valence-corrected chi connectivity index (χ2v) is 6.79. The molecule has 3 rings (SSSR count). The first-order valence-electron chi connectivity index (χ1n) is 8.34. The number of likely N-dealkylation sites (N-methyl/N-ethyl adjacent to an activating group) is 1. The van der Waals surface area contributed by atoms with Crippen molar-refractivity contribution in [2.45, 2.75) is 44.2 Å². The van der Waals surface area contributed by atoms with E-state index >= 15 is 0 Å². The van der Waals surface area contributed by atoms with E-state index in [9.17, 15) is 4.39 Å². The van der Waals surface area contributed by atoms with Crippen LogP contribution in [0.4, 0.5) is 4.39 Å². The fourth-order valence-electron chi connectivity index (χ4n) is 3.50. The van der Waals surface area contributed by atoms with Crippen LogP contribution in [0.15, 0.2) is 23.2 Å². The summed E-state index contributed by atoms with van der Waals surface area (Å²) in [6.45, 7) is 5.12. The summed E-state index contributed by atoms with van der Waals surface area (Å²) < 4.78 is 13.9. The molecule has 3 atom stereocenters. The van der Waals surface area contributed by atoms with E-state index in [1.807, 2.05) is 0 Å². The van der Waals surface area contributed by atoms with Gasteiger partial charge in [0, 0.05) is 28.6 Å². The molecule has 7 heteroatoms. The lowest BCUT2D eigenvalue weighted by Gasteiger charge is -2.21. The number of halogens is 3. The minimum absolute atomic E-state index is 0. The van der Waals surface area contributed by atoms with Gasteiger partial charge in [-0.15, -0.1) is 24.0 Å².